The predicted molar refractivity (Wildman–Crippen MR) is 115 cm³/mol. The van der Waals surface area contributed by atoms with Crippen LogP contribution in [0.3, 0.4) is 0 Å². The molecule has 0 aliphatic carbocycles. The Bertz CT molecular complexity index is 1040. The van der Waals surface area contributed by atoms with Gasteiger partial charge in [0.2, 0.25) is 0 Å². The molecule has 0 saturated heterocycles. The zero-order valence-electron chi connectivity index (χ0n) is 15.6. The van der Waals surface area contributed by atoms with Crippen LogP contribution in [0.5, 0.6) is 17.2 Å². The van der Waals surface area contributed by atoms with Crippen molar-refractivity contribution in [3.63, 3.8) is 0 Å². The van der Waals surface area contributed by atoms with Crippen LogP contribution in [-0.2, 0) is 4.79 Å². The molecular formula is C21H16BrClN2O4. The van der Waals surface area contributed by atoms with Crippen LogP contribution in [-0.4, -0.2) is 26.7 Å². The molecule has 2 aromatic rings. The van der Waals surface area contributed by atoms with E-state index in [2.05, 4.69) is 27.2 Å². The summed E-state index contributed by atoms with van der Waals surface area (Å²) >= 11 is 9.44. The number of nitriles is 1. The van der Waals surface area contributed by atoms with Crippen molar-refractivity contribution in [1.82, 2.24) is 0 Å². The standard InChI is InChI=1S/C21H16BrClN2O4/c1-4-7-29-18-6-5-13(9-15(18)22)8-14(12-24)21(26)25-17-11-19(27-2)16(23)10-20(17)28-3/h1,5-6,8-11H,7H2,2-3H3,(H,25,26)/b14-8+. The van der Waals surface area contributed by atoms with Crippen molar-refractivity contribution in [2.45, 2.75) is 0 Å². The van der Waals surface area contributed by atoms with Gasteiger partial charge in [-0.25, -0.2) is 0 Å². The molecule has 0 aliphatic heterocycles. The largest absolute Gasteiger partial charge is 0.495 e. The van der Waals surface area contributed by atoms with Crippen LogP contribution >= 0.6 is 27.5 Å². The SMILES string of the molecule is C#CCOc1ccc(/C=C(\C#N)C(=O)Nc2cc(OC)c(Cl)cc2OC)cc1Br. The maximum absolute atomic E-state index is 12.6. The van der Waals surface area contributed by atoms with E-state index >= 15 is 0 Å². The minimum atomic E-state index is -0.612. The maximum Gasteiger partial charge on any atom is 0.266 e. The zero-order valence-corrected chi connectivity index (χ0v) is 17.9. The number of methoxy groups -OCH3 is 2. The van der Waals surface area contributed by atoms with Crippen LogP contribution in [0.15, 0.2) is 40.4 Å². The number of nitrogens with zero attached hydrogens (tertiary/aromatic N) is 1. The van der Waals surface area contributed by atoms with E-state index in [1.807, 2.05) is 6.07 Å². The number of carbonyl (C=O) groups is 1. The maximum atomic E-state index is 12.6. The number of benzene rings is 2. The Morgan fingerprint density at radius 2 is 1.97 bits per heavy atom. The number of nitrogens with one attached hydrogen (secondary N) is 1. The van der Waals surface area contributed by atoms with Crippen molar-refractivity contribution in [2.24, 2.45) is 0 Å². The molecular weight excluding hydrogens is 460 g/mol. The first-order chi connectivity index (χ1) is 13.9. The highest BCUT2D eigenvalue weighted by Crippen LogP contribution is 2.36. The van der Waals surface area contributed by atoms with E-state index in [1.165, 1.54) is 32.4 Å². The molecule has 0 heterocycles. The number of rotatable bonds is 7. The quantitative estimate of drug-likeness (QED) is 0.357. The Kier molecular flexibility index (Phi) is 7.97. The molecule has 0 atom stereocenters. The van der Waals surface area contributed by atoms with E-state index in [0.717, 1.165) is 0 Å². The van der Waals surface area contributed by atoms with Gasteiger partial charge in [0.15, 0.2) is 0 Å². The first-order valence-corrected chi connectivity index (χ1v) is 9.31. The van der Waals surface area contributed by atoms with Gasteiger partial charge in [-0.05, 0) is 39.7 Å². The molecule has 0 fully saturated rings. The summed E-state index contributed by atoms with van der Waals surface area (Å²) in [6.45, 7) is 0.131. The van der Waals surface area contributed by atoms with Crippen molar-refractivity contribution in [3.8, 4) is 35.7 Å². The number of halogens is 2. The molecule has 0 aromatic heterocycles. The average Bonchev–Trinajstić information content (AvgIpc) is 2.72. The summed E-state index contributed by atoms with van der Waals surface area (Å²) in [7, 11) is 2.89. The number of hydrogen-bond donors (Lipinski definition) is 1. The second-order valence-corrected chi connectivity index (χ2v) is 6.76. The Morgan fingerprint density at radius 1 is 1.24 bits per heavy atom. The zero-order chi connectivity index (χ0) is 21.4. The average molecular weight is 476 g/mol. The van der Waals surface area contributed by atoms with Crippen molar-refractivity contribution >= 4 is 45.2 Å². The summed E-state index contributed by atoms with van der Waals surface area (Å²) < 4.78 is 16.4. The van der Waals surface area contributed by atoms with Gasteiger partial charge in [-0.1, -0.05) is 23.6 Å². The van der Waals surface area contributed by atoms with Crippen molar-refractivity contribution in [1.29, 1.82) is 5.26 Å². The van der Waals surface area contributed by atoms with Crippen molar-refractivity contribution < 1.29 is 19.0 Å². The lowest BCUT2D eigenvalue weighted by atomic mass is 10.1. The predicted octanol–water partition coefficient (Wildman–Crippen LogP) is 4.68. The Morgan fingerprint density at radius 3 is 2.55 bits per heavy atom. The summed E-state index contributed by atoms with van der Waals surface area (Å²) in [5.41, 5.74) is 0.835. The van der Waals surface area contributed by atoms with E-state index in [9.17, 15) is 10.1 Å². The van der Waals surface area contributed by atoms with Gasteiger partial charge >= 0.3 is 0 Å². The third-order valence-corrected chi connectivity index (χ3v) is 4.58. The van der Waals surface area contributed by atoms with Crippen LogP contribution in [0.4, 0.5) is 5.69 Å². The lowest BCUT2D eigenvalue weighted by Crippen LogP contribution is -2.14. The topological polar surface area (TPSA) is 80.6 Å². The molecule has 29 heavy (non-hydrogen) atoms. The van der Waals surface area contributed by atoms with Gasteiger partial charge < -0.3 is 19.5 Å². The van der Waals surface area contributed by atoms with Crippen molar-refractivity contribution in [2.75, 3.05) is 26.1 Å². The third-order valence-electron chi connectivity index (χ3n) is 3.67. The van der Waals surface area contributed by atoms with Gasteiger partial charge in [-0.15, -0.1) is 6.42 Å². The van der Waals surface area contributed by atoms with Crippen molar-refractivity contribution in [3.05, 3.63) is 51.0 Å². The van der Waals surface area contributed by atoms with Gasteiger partial charge in [0.1, 0.15) is 35.5 Å². The van der Waals surface area contributed by atoms with Gasteiger partial charge in [-0.3, -0.25) is 4.79 Å². The second kappa shape index (κ2) is 10.4. The minimum Gasteiger partial charge on any atom is -0.495 e. The molecule has 2 aromatic carbocycles. The molecule has 0 radical (unpaired) electrons. The van der Waals surface area contributed by atoms with Gasteiger partial charge in [-0.2, -0.15) is 5.26 Å². The molecule has 0 aliphatic rings. The van der Waals surface area contributed by atoms with Crippen LogP contribution in [0.25, 0.3) is 6.08 Å². The summed E-state index contributed by atoms with van der Waals surface area (Å²) in [5.74, 6) is 3.02. The van der Waals surface area contributed by atoms with E-state index in [-0.39, 0.29) is 12.2 Å². The molecule has 0 bridgehead atoms. The molecule has 8 heteroatoms. The van der Waals surface area contributed by atoms with E-state index in [4.69, 9.17) is 32.2 Å². The summed E-state index contributed by atoms with van der Waals surface area (Å²) in [5, 5.41) is 12.4. The molecule has 0 spiro atoms. The summed E-state index contributed by atoms with van der Waals surface area (Å²) in [4.78, 5) is 12.6. The fourth-order valence-electron chi connectivity index (χ4n) is 2.31. The van der Waals surface area contributed by atoms with Crippen LogP contribution in [0.2, 0.25) is 5.02 Å². The van der Waals surface area contributed by atoms with Crippen LogP contribution in [0.1, 0.15) is 5.56 Å². The normalized spacial score (nSPS) is 10.5. The molecule has 0 unspecified atom stereocenters. The lowest BCUT2D eigenvalue weighted by molar-refractivity contribution is -0.112. The van der Waals surface area contributed by atoms with Gasteiger partial charge in [0.05, 0.1) is 29.4 Å². The van der Waals surface area contributed by atoms with E-state index in [1.54, 1.807) is 18.2 Å². The molecule has 6 nitrogen and oxygen atoms in total. The van der Waals surface area contributed by atoms with Gasteiger partial charge in [0, 0.05) is 12.1 Å². The highest BCUT2D eigenvalue weighted by molar-refractivity contribution is 9.10. The molecule has 1 amide bonds. The lowest BCUT2D eigenvalue weighted by Gasteiger charge is -2.13. The number of anilines is 1. The number of terminal acetylenes is 1. The first kappa shape index (κ1) is 22.2. The molecule has 1 N–H and O–H groups in total. The van der Waals surface area contributed by atoms with E-state index < -0.39 is 5.91 Å². The Balaban J connectivity index is 2.29. The highest BCUT2D eigenvalue weighted by Gasteiger charge is 2.16. The molecule has 148 valence electrons. The summed E-state index contributed by atoms with van der Waals surface area (Å²) in [6.07, 6.45) is 6.63. The van der Waals surface area contributed by atoms with Gasteiger partial charge in [0.25, 0.3) is 5.91 Å². The number of amides is 1. The fraction of sp³-hybridized carbons (Fsp3) is 0.143. The van der Waals surface area contributed by atoms with E-state index in [0.29, 0.717) is 38.0 Å². The number of ether oxygens (including phenoxy) is 3. The second-order valence-electron chi connectivity index (χ2n) is 5.49. The number of carbonyl (C=O) groups excluding carboxylic acids is 1. The minimum absolute atomic E-state index is 0.106. The Labute approximate surface area is 182 Å². The first-order valence-electron chi connectivity index (χ1n) is 8.14. The fourth-order valence-corrected chi connectivity index (χ4v) is 3.05. The highest BCUT2D eigenvalue weighted by atomic mass is 79.9. The summed E-state index contributed by atoms with van der Waals surface area (Å²) in [6, 6.07) is 10.0. The number of hydrogen-bond acceptors (Lipinski definition) is 5. The third kappa shape index (κ3) is 5.68. The monoisotopic (exact) mass is 474 g/mol. The molecule has 2 rings (SSSR count). The molecule has 0 saturated carbocycles. The Hall–Kier alpha value is -3.13. The van der Waals surface area contributed by atoms with Crippen LogP contribution in [0, 0.1) is 23.7 Å². The van der Waals surface area contributed by atoms with Crippen LogP contribution < -0.4 is 19.5 Å². The smallest absolute Gasteiger partial charge is 0.266 e.